The SMILES string of the molecule is CN(CCO)C(=O)c1ccc(OCc2ccc(Cl)s2)cc1. The summed E-state index contributed by atoms with van der Waals surface area (Å²) in [6, 6.07) is 10.7. The molecule has 0 bridgehead atoms. The summed E-state index contributed by atoms with van der Waals surface area (Å²) in [5.74, 6) is 0.571. The van der Waals surface area contributed by atoms with Gasteiger partial charge in [0.25, 0.3) is 5.91 Å². The molecule has 4 nitrogen and oxygen atoms in total. The van der Waals surface area contributed by atoms with Crippen molar-refractivity contribution in [3.8, 4) is 5.75 Å². The van der Waals surface area contributed by atoms with Crippen LogP contribution in [0.15, 0.2) is 36.4 Å². The van der Waals surface area contributed by atoms with Crippen molar-refractivity contribution < 1.29 is 14.6 Å². The van der Waals surface area contributed by atoms with E-state index < -0.39 is 0 Å². The Morgan fingerprint density at radius 3 is 2.57 bits per heavy atom. The van der Waals surface area contributed by atoms with Crippen molar-refractivity contribution in [2.24, 2.45) is 0 Å². The van der Waals surface area contributed by atoms with E-state index in [1.54, 1.807) is 31.3 Å². The van der Waals surface area contributed by atoms with E-state index >= 15 is 0 Å². The number of hydrogen-bond acceptors (Lipinski definition) is 4. The molecule has 1 N–H and O–H groups in total. The van der Waals surface area contributed by atoms with Crippen molar-refractivity contribution in [1.82, 2.24) is 4.90 Å². The predicted molar refractivity (Wildman–Crippen MR) is 84.1 cm³/mol. The fourth-order valence-corrected chi connectivity index (χ4v) is 2.75. The summed E-state index contributed by atoms with van der Waals surface area (Å²) < 4.78 is 6.37. The summed E-state index contributed by atoms with van der Waals surface area (Å²) in [7, 11) is 1.66. The zero-order valence-corrected chi connectivity index (χ0v) is 13.2. The second kappa shape index (κ2) is 7.45. The fourth-order valence-electron chi connectivity index (χ4n) is 1.75. The number of aliphatic hydroxyl groups is 1. The molecule has 0 saturated carbocycles. The van der Waals surface area contributed by atoms with Gasteiger partial charge in [0.15, 0.2) is 0 Å². The van der Waals surface area contributed by atoms with Gasteiger partial charge in [-0.3, -0.25) is 4.79 Å². The number of hydrogen-bond donors (Lipinski definition) is 1. The lowest BCUT2D eigenvalue weighted by molar-refractivity contribution is 0.0767. The molecule has 0 aliphatic rings. The van der Waals surface area contributed by atoms with Crippen molar-refractivity contribution >= 4 is 28.8 Å². The maximum Gasteiger partial charge on any atom is 0.253 e. The molecule has 0 atom stereocenters. The highest BCUT2D eigenvalue weighted by molar-refractivity contribution is 7.16. The van der Waals surface area contributed by atoms with Crippen LogP contribution >= 0.6 is 22.9 Å². The average Bonchev–Trinajstić information content (AvgIpc) is 2.91. The molecule has 1 aromatic heterocycles. The number of amides is 1. The Hall–Kier alpha value is -1.56. The third kappa shape index (κ3) is 4.46. The van der Waals surface area contributed by atoms with E-state index in [2.05, 4.69) is 0 Å². The number of likely N-dealkylation sites (N-methyl/N-ethyl adjacent to an activating group) is 1. The van der Waals surface area contributed by atoms with Gasteiger partial charge in [-0.05, 0) is 36.4 Å². The first-order valence-electron chi connectivity index (χ1n) is 6.43. The van der Waals surface area contributed by atoms with Crippen molar-refractivity contribution in [3.05, 3.63) is 51.2 Å². The third-order valence-electron chi connectivity index (χ3n) is 2.89. The normalized spacial score (nSPS) is 10.4. The number of aliphatic hydroxyl groups excluding tert-OH is 1. The summed E-state index contributed by atoms with van der Waals surface area (Å²) in [4.78, 5) is 14.5. The van der Waals surface area contributed by atoms with Gasteiger partial charge in [-0.25, -0.2) is 0 Å². The Balaban J connectivity index is 1.94. The molecule has 0 unspecified atom stereocenters. The Bertz CT molecular complexity index is 597. The minimum Gasteiger partial charge on any atom is -0.488 e. The summed E-state index contributed by atoms with van der Waals surface area (Å²) in [6.45, 7) is 0.720. The van der Waals surface area contributed by atoms with Crippen LogP contribution in [0.1, 0.15) is 15.2 Å². The average molecular weight is 326 g/mol. The number of benzene rings is 1. The van der Waals surface area contributed by atoms with Crippen molar-refractivity contribution in [2.45, 2.75) is 6.61 Å². The number of rotatable bonds is 6. The zero-order valence-electron chi connectivity index (χ0n) is 11.6. The number of carbonyl (C=O) groups excluding carboxylic acids is 1. The molecule has 1 aromatic carbocycles. The van der Waals surface area contributed by atoms with Crippen molar-refractivity contribution in [3.63, 3.8) is 0 Å². The number of carbonyl (C=O) groups is 1. The van der Waals surface area contributed by atoms with E-state index in [-0.39, 0.29) is 12.5 Å². The molecular formula is C15H16ClNO3S. The van der Waals surface area contributed by atoms with E-state index in [0.717, 1.165) is 9.21 Å². The summed E-state index contributed by atoms with van der Waals surface area (Å²) in [5, 5.41) is 8.83. The van der Waals surface area contributed by atoms with E-state index in [1.807, 2.05) is 12.1 Å². The van der Waals surface area contributed by atoms with Gasteiger partial charge in [0.05, 0.1) is 10.9 Å². The van der Waals surface area contributed by atoms with E-state index in [0.29, 0.717) is 24.5 Å². The molecule has 0 fully saturated rings. The highest BCUT2D eigenvalue weighted by Gasteiger charge is 2.10. The monoisotopic (exact) mass is 325 g/mol. The molecule has 1 amide bonds. The zero-order chi connectivity index (χ0) is 15.2. The molecule has 21 heavy (non-hydrogen) atoms. The van der Waals surface area contributed by atoms with Gasteiger partial charge in [0.1, 0.15) is 12.4 Å². The summed E-state index contributed by atoms with van der Waals surface area (Å²) in [5.41, 5.74) is 0.567. The number of ether oxygens (including phenoxy) is 1. The maximum absolute atomic E-state index is 12.0. The van der Waals surface area contributed by atoms with Crippen LogP contribution in [0.3, 0.4) is 0 Å². The Morgan fingerprint density at radius 2 is 2.00 bits per heavy atom. The molecule has 0 saturated heterocycles. The third-order valence-corrected chi connectivity index (χ3v) is 4.10. The van der Waals surface area contributed by atoms with Gasteiger partial charge in [-0.1, -0.05) is 11.6 Å². The van der Waals surface area contributed by atoms with E-state index in [9.17, 15) is 4.79 Å². The first kappa shape index (κ1) is 15.8. The lowest BCUT2D eigenvalue weighted by Crippen LogP contribution is -2.29. The molecular weight excluding hydrogens is 310 g/mol. The fraction of sp³-hybridized carbons (Fsp3) is 0.267. The minimum atomic E-state index is -0.124. The van der Waals surface area contributed by atoms with E-state index in [1.165, 1.54) is 16.2 Å². The topological polar surface area (TPSA) is 49.8 Å². The van der Waals surface area contributed by atoms with Crippen molar-refractivity contribution in [2.75, 3.05) is 20.2 Å². The van der Waals surface area contributed by atoms with Crippen LogP contribution < -0.4 is 4.74 Å². The summed E-state index contributed by atoms with van der Waals surface area (Å²) in [6.07, 6.45) is 0. The molecule has 1 heterocycles. The second-order valence-corrected chi connectivity index (χ2v) is 6.27. The van der Waals surface area contributed by atoms with Crippen LogP contribution in [-0.4, -0.2) is 36.1 Å². The highest BCUT2D eigenvalue weighted by Crippen LogP contribution is 2.23. The molecule has 0 radical (unpaired) electrons. The lowest BCUT2D eigenvalue weighted by atomic mass is 10.2. The van der Waals surface area contributed by atoms with Gasteiger partial charge < -0.3 is 14.7 Å². The number of nitrogens with zero attached hydrogens (tertiary/aromatic N) is 1. The van der Waals surface area contributed by atoms with Gasteiger partial charge in [-0.15, -0.1) is 11.3 Å². The standard InChI is InChI=1S/C15H16ClNO3S/c1-17(8-9-18)15(19)11-2-4-12(5-3-11)20-10-13-6-7-14(16)21-13/h2-7,18H,8-10H2,1H3. The number of halogens is 1. The highest BCUT2D eigenvalue weighted by atomic mass is 35.5. The summed E-state index contributed by atoms with van der Waals surface area (Å²) >= 11 is 7.34. The first-order valence-corrected chi connectivity index (χ1v) is 7.63. The van der Waals surface area contributed by atoms with Gasteiger partial charge in [0, 0.05) is 24.0 Å². The molecule has 6 heteroatoms. The Labute approximate surface area is 132 Å². The lowest BCUT2D eigenvalue weighted by Gasteiger charge is -2.15. The van der Waals surface area contributed by atoms with Gasteiger partial charge in [-0.2, -0.15) is 0 Å². The maximum atomic E-state index is 12.0. The number of thiophene rings is 1. The quantitative estimate of drug-likeness (QED) is 0.888. The Kier molecular flexibility index (Phi) is 5.61. The van der Waals surface area contributed by atoms with Crippen molar-refractivity contribution in [1.29, 1.82) is 0 Å². The van der Waals surface area contributed by atoms with Gasteiger partial charge >= 0.3 is 0 Å². The molecule has 2 aromatic rings. The first-order chi connectivity index (χ1) is 10.1. The van der Waals surface area contributed by atoms with Crippen LogP contribution in [0, 0.1) is 0 Å². The molecule has 0 spiro atoms. The predicted octanol–water partition coefficient (Wildman–Crippen LogP) is 3.04. The van der Waals surface area contributed by atoms with Gasteiger partial charge in [0.2, 0.25) is 0 Å². The molecule has 2 rings (SSSR count). The largest absolute Gasteiger partial charge is 0.488 e. The smallest absolute Gasteiger partial charge is 0.253 e. The molecule has 0 aliphatic heterocycles. The van der Waals surface area contributed by atoms with Crippen LogP contribution in [0.2, 0.25) is 4.34 Å². The van der Waals surface area contributed by atoms with Crippen LogP contribution in [0.4, 0.5) is 0 Å². The minimum absolute atomic E-state index is 0.0488. The second-order valence-electron chi connectivity index (χ2n) is 4.47. The molecule has 0 aliphatic carbocycles. The van der Waals surface area contributed by atoms with Crippen LogP contribution in [-0.2, 0) is 6.61 Å². The Morgan fingerprint density at radius 1 is 1.29 bits per heavy atom. The van der Waals surface area contributed by atoms with E-state index in [4.69, 9.17) is 21.4 Å². The van der Waals surface area contributed by atoms with Crippen LogP contribution in [0.5, 0.6) is 5.75 Å². The van der Waals surface area contributed by atoms with Crippen LogP contribution in [0.25, 0.3) is 0 Å². The molecule has 112 valence electrons.